The van der Waals surface area contributed by atoms with Gasteiger partial charge in [-0.05, 0) is 24.5 Å². The topological polar surface area (TPSA) is 75.6 Å². The van der Waals surface area contributed by atoms with Gasteiger partial charge in [-0.3, -0.25) is 4.79 Å². The van der Waals surface area contributed by atoms with Crippen molar-refractivity contribution in [1.29, 1.82) is 0 Å². The lowest BCUT2D eigenvalue weighted by atomic mass is 9.84. The molecule has 2 N–H and O–H groups in total. The lowest BCUT2D eigenvalue weighted by molar-refractivity contribution is -0.151. The number of benzene rings is 1. The van der Waals surface area contributed by atoms with Crippen molar-refractivity contribution >= 4 is 27.8 Å². The molecule has 1 fully saturated rings. The van der Waals surface area contributed by atoms with E-state index in [0.717, 1.165) is 10.0 Å². The number of hydrogen-bond donors (Lipinski definition) is 2. The summed E-state index contributed by atoms with van der Waals surface area (Å²) in [4.78, 5) is 23.0. The molecule has 1 aliphatic heterocycles. The van der Waals surface area contributed by atoms with E-state index in [2.05, 4.69) is 21.2 Å². The molecule has 0 bridgehead atoms. The molecule has 0 aliphatic carbocycles. The summed E-state index contributed by atoms with van der Waals surface area (Å²) in [6, 6.07) is 7.89. The highest BCUT2D eigenvalue weighted by Gasteiger charge is 2.35. The third-order valence-electron chi connectivity index (χ3n) is 3.89. The van der Waals surface area contributed by atoms with E-state index in [9.17, 15) is 9.59 Å². The van der Waals surface area contributed by atoms with E-state index >= 15 is 0 Å². The monoisotopic (exact) mass is 369 g/mol. The minimum absolute atomic E-state index is 0.246. The highest BCUT2D eigenvalue weighted by molar-refractivity contribution is 9.10. The lowest BCUT2D eigenvalue weighted by Gasteiger charge is -2.27. The second kappa shape index (κ2) is 6.79. The Bertz CT molecular complexity index is 573. The molecule has 2 rings (SSSR count). The number of halogens is 1. The molecule has 22 heavy (non-hydrogen) atoms. The fraction of sp³-hybridized carbons (Fsp3) is 0.500. The van der Waals surface area contributed by atoms with Crippen LogP contribution in [0.5, 0.6) is 0 Å². The predicted molar refractivity (Wildman–Crippen MR) is 85.7 cm³/mol. The molecule has 0 aromatic heterocycles. The number of hydrogen-bond acceptors (Lipinski definition) is 3. The molecule has 0 saturated carbocycles. The second-order valence-corrected chi connectivity index (χ2v) is 6.96. The van der Waals surface area contributed by atoms with Gasteiger partial charge in [-0.1, -0.05) is 48.0 Å². The molecule has 120 valence electrons. The van der Waals surface area contributed by atoms with Gasteiger partial charge in [-0.25, -0.2) is 4.79 Å². The number of carboxylic acids is 1. The maximum atomic E-state index is 12.1. The Labute approximate surface area is 138 Å². The summed E-state index contributed by atoms with van der Waals surface area (Å²) >= 11 is 3.53. The van der Waals surface area contributed by atoms with Gasteiger partial charge < -0.3 is 15.2 Å². The average molecular weight is 370 g/mol. The number of ether oxygens (including phenoxy) is 1. The molecule has 5 nitrogen and oxygen atoms in total. The standard InChI is InChI=1S/C16H20BrNO4/c1-16(2,10-5-3-4-6-11(10)17)9-18-14(19)12-7-8-13(22-12)15(20)21/h3-6,12-13H,7-9H2,1-2H3,(H,18,19)(H,20,21)/t12-,13+/m0/s1. The molecule has 1 amide bonds. The van der Waals surface area contributed by atoms with Crippen molar-refractivity contribution in [2.24, 2.45) is 0 Å². The molecule has 1 heterocycles. The largest absolute Gasteiger partial charge is 0.479 e. The SMILES string of the molecule is CC(C)(CNC(=O)[C@@H]1CC[C@H](C(=O)O)O1)c1ccccc1Br. The zero-order valence-corrected chi connectivity index (χ0v) is 14.2. The van der Waals surface area contributed by atoms with E-state index in [0.29, 0.717) is 19.4 Å². The van der Waals surface area contributed by atoms with E-state index in [4.69, 9.17) is 9.84 Å². The summed E-state index contributed by atoms with van der Waals surface area (Å²) in [5.74, 6) is -1.26. The van der Waals surface area contributed by atoms with Gasteiger partial charge in [0.1, 0.15) is 6.10 Å². The van der Waals surface area contributed by atoms with Gasteiger partial charge in [0.15, 0.2) is 6.10 Å². The Morgan fingerprint density at radius 1 is 1.32 bits per heavy atom. The molecule has 1 saturated heterocycles. The van der Waals surface area contributed by atoms with Gasteiger partial charge in [0, 0.05) is 16.4 Å². The van der Waals surface area contributed by atoms with Crippen LogP contribution in [0.1, 0.15) is 32.3 Å². The Hall–Kier alpha value is -1.40. The first-order chi connectivity index (χ1) is 10.3. The molecule has 0 spiro atoms. The third kappa shape index (κ3) is 3.87. The van der Waals surface area contributed by atoms with Crippen LogP contribution in [0.15, 0.2) is 28.7 Å². The number of amides is 1. The van der Waals surface area contributed by atoms with Gasteiger partial charge in [0.2, 0.25) is 5.91 Å². The number of rotatable bonds is 5. The molecular formula is C16H20BrNO4. The Balaban J connectivity index is 1.94. The maximum Gasteiger partial charge on any atom is 0.332 e. The fourth-order valence-corrected chi connectivity index (χ4v) is 3.36. The van der Waals surface area contributed by atoms with Gasteiger partial charge in [-0.2, -0.15) is 0 Å². The van der Waals surface area contributed by atoms with Crippen LogP contribution in [0.25, 0.3) is 0 Å². The zero-order chi connectivity index (χ0) is 16.3. The van der Waals surface area contributed by atoms with Crippen LogP contribution in [0.2, 0.25) is 0 Å². The van der Waals surface area contributed by atoms with Crippen molar-refractivity contribution in [3.8, 4) is 0 Å². The van der Waals surface area contributed by atoms with E-state index in [1.807, 2.05) is 38.1 Å². The van der Waals surface area contributed by atoms with E-state index < -0.39 is 18.2 Å². The number of carbonyl (C=O) groups excluding carboxylic acids is 1. The molecule has 1 aromatic carbocycles. The lowest BCUT2D eigenvalue weighted by Crippen LogP contribution is -2.42. The van der Waals surface area contributed by atoms with Crippen LogP contribution in [0.3, 0.4) is 0 Å². The Kier molecular flexibility index (Phi) is 5.24. The second-order valence-electron chi connectivity index (χ2n) is 6.11. The molecule has 6 heteroatoms. The molecule has 1 aromatic rings. The normalized spacial score (nSPS) is 21.6. The smallest absolute Gasteiger partial charge is 0.332 e. The van der Waals surface area contributed by atoms with Crippen LogP contribution >= 0.6 is 15.9 Å². The highest BCUT2D eigenvalue weighted by atomic mass is 79.9. The summed E-state index contributed by atoms with van der Waals surface area (Å²) in [6.45, 7) is 4.54. The number of nitrogens with one attached hydrogen (secondary N) is 1. The van der Waals surface area contributed by atoms with Crippen LogP contribution in [0, 0.1) is 0 Å². The molecular weight excluding hydrogens is 350 g/mol. The van der Waals surface area contributed by atoms with Crippen LogP contribution in [-0.2, 0) is 19.7 Å². The van der Waals surface area contributed by atoms with E-state index in [1.54, 1.807) is 0 Å². The fourth-order valence-electron chi connectivity index (χ4n) is 2.54. The first kappa shape index (κ1) is 17.0. The highest BCUT2D eigenvalue weighted by Crippen LogP contribution is 2.29. The summed E-state index contributed by atoms with van der Waals surface area (Å²) in [5, 5.41) is 11.8. The van der Waals surface area contributed by atoms with Gasteiger partial charge in [0.25, 0.3) is 0 Å². The van der Waals surface area contributed by atoms with Crippen molar-refractivity contribution in [3.05, 3.63) is 34.3 Å². The molecule has 1 aliphatic rings. The summed E-state index contributed by atoms with van der Waals surface area (Å²) in [5.41, 5.74) is 0.853. The van der Waals surface area contributed by atoms with Gasteiger partial charge in [-0.15, -0.1) is 0 Å². The molecule has 2 atom stereocenters. The summed E-state index contributed by atoms with van der Waals surface area (Å²) in [6.07, 6.45) is -0.720. The van der Waals surface area contributed by atoms with Crippen LogP contribution in [-0.4, -0.2) is 35.7 Å². The third-order valence-corrected chi connectivity index (χ3v) is 4.59. The van der Waals surface area contributed by atoms with Crippen LogP contribution < -0.4 is 5.32 Å². The minimum Gasteiger partial charge on any atom is -0.479 e. The average Bonchev–Trinajstić information content (AvgIpc) is 2.95. The van der Waals surface area contributed by atoms with Gasteiger partial charge in [0.05, 0.1) is 0 Å². The first-order valence-corrected chi connectivity index (χ1v) is 8.01. The summed E-state index contributed by atoms with van der Waals surface area (Å²) in [7, 11) is 0. The Morgan fingerprint density at radius 2 is 1.95 bits per heavy atom. The first-order valence-electron chi connectivity index (χ1n) is 7.22. The van der Waals surface area contributed by atoms with Crippen molar-refractivity contribution in [2.45, 2.75) is 44.3 Å². The van der Waals surface area contributed by atoms with Gasteiger partial charge >= 0.3 is 5.97 Å². The Morgan fingerprint density at radius 3 is 2.55 bits per heavy atom. The van der Waals surface area contributed by atoms with E-state index in [1.165, 1.54) is 0 Å². The number of carboxylic acid groups (broad SMARTS) is 1. The molecule has 0 unspecified atom stereocenters. The van der Waals surface area contributed by atoms with Crippen molar-refractivity contribution < 1.29 is 19.4 Å². The summed E-state index contributed by atoms with van der Waals surface area (Å²) < 4.78 is 6.26. The number of aliphatic carboxylic acids is 1. The minimum atomic E-state index is -1.01. The van der Waals surface area contributed by atoms with Crippen molar-refractivity contribution in [1.82, 2.24) is 5.32 Å². The maximum absolute atomic E-state index is 12.1. The number of carbonyl (C=O) groups is 2. The molecule has 0 radical (unpaired) electrons. The zero-order valence-electron chi connectivity index (χ0n) is 12.6. The van der Waals surface area contributed by atoms with E-state index in [-0.39, 0.29) is 11.3 Å². The van der Waals surface area contributed by atoms with Crippen molar-refractivity contribution in [2.75, 3.05) is 6.54 Å². The van der Waals surface area contributed by atoms with Crippen molar-refractivity contribution in [3.63, 3.8) is 0 Å². The predicted octanol–water partition coefficient (Wildman–Crippen LogP) is 2.48. The van der Waals surface area contributed by atoms with Crippen LogP contribution in [0.4, 0.5) is 0 Å². The quantitative estimate of drug-likeness (QED) is 0.835.